The number of hydrogen-bond acceptors (Lipinski definition) is 2. The highest BCUT2D eigenvalue weighted by Gasteiger charge is 2.12. The lowest BCUT2D eigenvalue weighted by Gasteiger charge is -2.30. The molecule has 0 spiro atoms. The van der Waals surface area contributed by atoms with E-state index in [1.54, 1.807) is 0 Å². The van der Waals surface area contributed by atoms with E-state index in [-0.39, 0.29) is 0 Å². The molecule has 12 heavy (non-hydrogen) atoms. The van der Waals surface area contributed by atoms with Crippen LogP contribution < -0.4 is 0 Å². The number of nitrogens with zero attached hydrogens (tertiary/aromatic N) is 2. The Balaban J connectivity index is 3.85. The zero-order valence-electron chi connectivity index (χ0n) is 9.46. The van der Waals surface area contributed by atoms with Crippen molar-refractivity contribution >= 4 is 0 Å². The molecule has 0 N–H and O–H groups in total. The Kier molecular flexibility index (Phi) is 5.51. The van der Waals surface area contributed by atoms with Crippen LogP contribution in [-0.2, 0) is 0 Å². The van der Waals surface area contributed by atoms with Crippen LogP contribution in [0.5, 0.6) is 0 Å². The summed E-state index contributed by atoms with van der Waals surface area (Å²) in [5.74, 6) is 0. The van der Waals surface area contributed by atoms with E-state index >= 15 is 0 Å². The average molecular weight is 172 g/mol. The molecule has 2 nitrogen and oxygen atoms in total. The van der Waals surface area contributed by atoms with Crippen molar-refractivity contribution in [2.75, 3.05) is 27.7 Å². The summed E-state index contributed by atoms with van der Waals surface area (Å²) in [5, 5.41) is 0. The van der Waals surface area contributed by atoms with Crippen molar-refractivity contribution < 1.29 is 0 Å². The molecule has 0 radical (unpaired) electrons. The molecule has 0 aromatic heterocycles. The molecular weight excluding hydrogens is 148 g/mol. The van der Waals surface area contributed by atoms with Gasteiger partial charge in [0.05, 0.1) is 0 Å². The maximum Gasteiger partial charge on any atom is 0.0214 e. The SMILES string of the molecule is CC[C@@H](CN(C)C(C)C)N(C)C. The van der Waals surface area contributed by atoms with Gasteiger partial charge in [-0.25, -0.2) is 0 Å². The molecule has 2 heteroatoms. The summed E-state index contributed by atoms with van der Waals surface area (Å²) in [4.78, 5) is 4.70. The number of likely N-dealkylation sites (N-methyl/N-ethyl adjacent to an activating group) is 2. The number of hydrogen-bond donors (Lipinski definition) is 0. The summed E-state index contributed by atoms with van der Waals surface area (Å²) in [6, 6.07) is 1.34. The van der Waals surface area contributed by atoms with Crippen LogP contribution in [0.1, 0.15) is 27.2 Å². The van der Waals surface area contributed by atoms with Gasteiger partial charge >= 0.3 is 0 Å². The van der Waals surface area contributed by atoms with Gasteiger partial charge in [-0.1, -0.05) is 6.92 Å². The average Bonchev–Trinajstić information content (AvgIpc) is 1.98. The van der Waals surface area contributed by atoms with Crippen molar-refractivity contribution in [3.63, 3.8) is 0 Å². The van der Waals surface area contributed by atoms with Gasteiger partial charge in [-0.3, -0.25) is 0 Å². The van der Waals surface area contributed by atoms with Gasteiger partial charge < -0.3 is 9.80 Å². The number of rotatable bonds is 5. The lowest BCUT2D eigenvalue weighted by Crippen LogP contribution is -2.40. The third kappa shape index (κ3) is 4.07. The second kappa shape index (κ2) is 5.55. The minimum absolute atomic E-state index is 0.652. The van der Waals surface area contributed by atoms with E-state index in [0.29, 0.717) is 12.1 Å². The van der Waals surface area contributed by atoms with Crippen molar-refractivity contribution in [1.29, 1.82) is 0 Å². The molecule has 0 unspecified atom stereocenters. The van der Waals surface area contributed by atoms with Crippen molar-refractivity contribution in [2.45, 2.75) is 39.3 Å². The van der Waals surface area contributed by atoms with Crippen LogP contribution in [-0.4, -0.2) is 49.6 Å². The molecule has 0 saturated carbocycles. The van der Waals surface area contributed by atoms with Gasteiger partial charge in [0.25, 0.3) is 0 Å². The van der Waals surface area contributed by atoms with Crippen LogP contribution in [0.25, 0.3) is 0 Å². The van der Waals surface area contributed by atoms with Gasteiger partial charge in [0.15, 0.2) is 0 Å². The van der Waals surface area contributed by atoms with Crippen molar-refractivity contribution in [2.24, 2.45) is 0 Å². The van der Waals surface area contributed by atoms with E-state index in [0.717, 1.165) is 0 Å². The molecule has 74 valence electrons. The Hall–Kier alpha value is -0.0800. The first-order chi connectivity index (χ1) is 5.49. The van der Waals surface area contributed by atoms with Gasteiger partial charge in [-0.2, -0.15) is 0 Å². The summed E-state index contributed by atoms with van der Waals surface area (Å²) in [7, 11) is 6.50. The first-order valence-corrected chi connectivity index (χ1v) is 4.85. The summed E-state index contributed by atoms with van der Waals surface area (Å²) < 4.78 is 0. The van der Waals surface area contributed by atoms with Crippen LogP contribution in [0.3, 0.4) is 0 Å². The molecule has 0 saturated heterocycles. The Morgan fingerprint density at radius 1 is 1.08 bits per heavy atom. The molecule has 0 aliphatic carbocycles. The molecular formula is C10H24N2. The largest absolute Gasteiger partial charge is 0.305 e. The maximum atomic E-state index is 2.40. The second-order valence-corrected chi connectivity index (χ2v) is 4.06. The minimum atomic E-state index is 0.652. The van der Waals surface area contributed by atoms with Gasteiger partial charge in [-0.15, -0.1) is 0 Å². The third-order valence-corrected chi connectivity index (χ3v) is 2.58. The van der Waals surface area contributed by atoms with E-state index < -0.39 is 0 Å². The Morgan fingerprint density at radius 3 is 1.83 bits per heavy atom. The fraction of sp³-hybridized carbons (Fsp3) is 1.00. The highest BCUT2D eigenvalue weighted by atomic mass is 15.2. The fourth-order valence-corrected chi connectivity index (χ4v) is 1.20. The molecule has 0 aromatic rings. The van der Waals surface area contributed by atoms with Crippen LogP contribution in [0, 0.1) is 0 Å². The van der Waals surface area contributed by atoms with Crippen LogP contribution in [0.2, 0.25) is 0 Å². The topological polar surface area (TPSA) is 6.48 Å². The van der Waals surface area contributed by atoms with E-state index in [1.807, 2.05) is 0 Å². The van der Waals surface area contributed by atoms with Crippen molar-refractivity contribution in [3.05, 3.63) is 0 Å². The molecule has 0 aliphatic heterocycles. The normalized spacial score (nSPS) is 14.8. The monoisotopic (exact) mass is 172 g/mol. The molecule has 1 atom stereocenters. The first kappa shape index (κ1) is 11.9. The summed E-state index contributed by atoms with van der Waals surface area (Å²) >= 11 is 0. The zero-order chi connectivity index (χ0) is 9.72. The van der Waals surface area contributed by atoms with Crippen LogP contribution in [0.15, 0.2) is 0 Å². The van der Waals surface area contributed by atoms with Gasteiger partial charge in [0.2, 0.25) is 0 Å². The highest BCUT2D eigenvalue weighted by molar-refractivity contribution is 4.70. The summed E-state index contributed by atoms with van der Waals surface area (Å²) in [6.45, 7) is 7.89. The Bertz CT molecular complexity index is 110. The molecule has 0 rings (SSSR count). The Labute approximate surface area is 77.5 Å². The van der Waals surface area contributed by atoms with Gasteiger partial charge in [0.1, 0.15) is 0 Å². The van der Waals surface area contributed by atoms with Crippen molar-refractivity contribution in [3.8, 4) is 0 Å². The maximum absolute atomic E-state index is 2.40. The smallest absolute Gasteiger partial charge is 0.0214 e. The summed E-state index contributed by atoms with van der Waals surface area (Å²) in [6.07, 6.45) is 1.23. The first-order valence-electron chi connectivity index (χ1n) is 4.85. The Morgan fingerprint density at radius 2 is 1.58 bits per heavy atom. The van der Waals surface area contributed by atoms with E-state index in [2.05, 4.69) is 51.7 Å². The molecule has 0 amide bonds. The molecule has 0 fully saturated rings. The van der Waals surface area contributed by atoms with Gasteiger partial charge in [-0.05, 0) is 41.4 Å². The minimum Gasteiger partial charge on any atom is -0.305 e. The van der Waals surface area contributed by atoms with E-state index in [9.17, 15) is 0 Å². The lowest BCUT2D eigenvalue weighted by atomic mass is 10.2. The van der Waals surface area contributed by atoms with Gasteiger partial charge in [0, 0.05) is 18.6 Å². The van der Waals surface area contributed by atoms with Crippen LogP contribution in [0.4, 0.5) is 0 Å². The molecule has 0 aromatic carbocycles. The highest BCUT2D eigenvalue weighted by Crippen LogP contribution is 2.03. The molecule has 0 aliphatic rings. The van der Waals surface area contributed by atoms with Crippen LogP contribution >= 0.6 is 0 Å². The third-order valence-electron chi connectivity index (χ3n) is 2.58. The van der Waals surface area contributed by atoms with E-state index in [1.165, 1.54) is 13.0 Å². The fourth-order valence-electron chi connectivity index (χ4n) is 1.20. The predicted octanol–water partition coefficient (Wildman–Crippen LogP) is 1.67. The standard InChI is InChI=1S/C10H24N2/c1-7-10(11(4)5)8-12(6)9(2)3/h9-10H,7-8H2,1-6H3/t10-/m0/s1. The quantitative estimate of drug-likeness (QED) is 0.622. The second-order valence-electron chi connectivity index (χ2n) is 4.06. The van der Waals surface area contributed by atoms with E-state index in [4.69, 9.17) is 0 Å². The summed E-state index contributed by atoms with van der Waals surface area (Å²) in [5.41, 5.74) is 0. The predicted molar refractivity (Wildman–Crippen MR) is 55.5 cm³/mol. The zero-order valence-corrected chi connectivity index (χ0v) is 9.46. The lowest BCUT2D eigenvalue weighted by molar-refractivity contribution is 0.178. The molecule has 0 heterocycles. The molecule has 0 bridgehead atoms. The van der Waals surface area contributed by atoms with Crippen molar-refractivity contribution in [1.82, 2.24) is 9.80 Å².